The van der Waals surface area contributed by atoms with Gasteiger partial charge >= 0.3 is 0 Å². The number of benzene rings is 1. The summed E-state index contributed by atoms with van der Waals surface area (Å²) in [4.78, 5) is 6.96. The molecule has 0 aliphatic carbocycles. The minimum atomic E-state index is 0.538. The summed E-state index contributed by atoms with van der Waals surface area (Å²) >= 11 is 0. The third-order valence-corrected chi connectivity index (χ3v) is 4.40. The van der Waals surface area contributed by atoms with Gasteiger partial charge in [0.15, 0.2) is 0 Å². The Balaban J connectivity index is 1.67. The van der Waals surface area contributed by atoms with Gasteiger partial charge in [0.2, 0.25) is 11.7 Å². The highest BCUT2D eigenvalue weighted by atomic mass is 16.5. The van der Waals surface area contributed by atoms with Gasteiger partial charge in [-0.2, -0.15) is 4.98 Å². The van der Waals surface area contributed by atoms with E-state index in [1.165, 1.54) is 18.4 Å². The van der Waals surface area contributed by atoms with Crippen LogP contribution in [0, 0.1) is 5.92 Å². The number of hydrogen-bond acceptors (Lipinski definition) is 4. The van der Waals surface area contributed by atoms with Crippen LogP contribution in [0.5, 0.6) is 0 Å². The Morgan fingerprint density at radius 2 is 2.05 bits per heavy atom. The van der Waals surface area contributed by atoms with Gasteiger partial charge in [-0.05, 0) is 36.8 Å². The number of likely N-dealkylation sites (tertiary alicyclic amines) is 1. The molecule has 1 saturated heterocycles. The predicted octanol–water partition coefficient (Wildman–Crippen LogP) is 4.09. The van der Waals surface area contributed by atoms with Crippen LogP contribution in [0.2, 0.25) is 0 Å². The van der Waals surface area contributed by atoms with Crippen LogP contribution < -0.4 is 0 Å². The van der Waals surface area contributed by atoms with Gasteiger partial charge < -0.3 is 4.52 Å². The zero-order valence-electron chi connectivity index (χ0n) is 13.7. The van der Waals surface area contributed by atoms with Crippen molar-refractivity contribution in [1.29, 1.82) is 0 Å². The lowest BCUT2D eigenvalue weighted by Crippen LogP contribution is -2.33. The van der Waals surface area contributed by atoms with Crippen molar-refractivity contribution in [3.63, 3.8) is 0 Å². The zero-order chi connectivity index (χ0) is 15.5. The second-order valence-corrected chi connectivity index (χ2v) is 6.77. The molecule has 2 heterocycles. The molecule has 2 aromatic rings. The van der Waals surface area contributed by atoms with E-state index in [0.29, 0.717) is 11.7 Å². The van der Waals surface area contributed by atoms with Gasteiger partial charge in [-0.3, -0.25) is 4.90 Å². The highest BCUT2D eigenvalue weighted by Gasteiger charge is 2.19. The lowest BCUT2D eigenvalue weighted by Gasteiger charge is -2.29. The fourth-order valence-corrected chi connectivity index (χ4v) is 3.08. The highest BCUT2D eigenvalue weighted by Crippen LogP contribution is 2.22. The van der Waals surface area contributed by atoms with Crippen LogP contribution in [0.3, 0.4) is 0 Å². The normalized spacial score (nSPS) is 19.7. The molecule has 1 aliphatic heterocycles. The monoisotopic (exact) mass is 299 g/mol. The molecular formula is C18H25N3O. The van der Waals surface area contributed by atoms with Crippen LogP contribution in [0.15, 0.2) is 28.8 Å². The summed E-state index contributed by atoms with van der Waals surface area (Å²) in [6.45, 7) is 9.72. The first kappa shape index (κ1) is 15.2. The summed E-state index contributed by atoms with van der Waals surface area (Å²) < 4.78 is 5.43. The number of nitrogens with zero attached hydrogens (tertiary/aromatic N) is 3. The number of piperidine rings is 1. The van der Waals surface area contributed by atoms with E-state index in [4.69, 9.17) is 4.52 Å². The molecule has 1 aliphatic rings. The first-order valence-corrected chi connectivity index (χ1v) is 8.27. The van der Waals surface area contributed by atoms with Crippen molar-refractivity contribution in [2.45, 2.75) is 46.1 Å². The zero-order valence-corrected chi connectivity index (χ0v) is 13.7. The smallest absolute Gasteiger partial charge is 0.241 e. The van der Waals surface area contributed by atoms with Gasteiger partial charge in [0.1, 0.15) is 0 Å². The van der Waals surface area contributed by atoms with E-state index in [9.17, 15) is 0 Å². The van der Waals surface area contributed by atoms with Gasteiger partial charge in [-0.15, -0.1) is 0 Å². The SMILES string of the molecule is CC1CCCN(Cc2nc(-c3ccc(C(C)C)cc3)no2)C1. The molecule has 0 saturated carbocycles. The van der Waals surface area contributed by atoms with Crippen molar-refractivity contribution in [3.05, 3.63) is 35.7 Å². The van der Waals surface area contributed by atoms with Crippen molar-refractivity contribution < 1.29 is 4.52 Å². The van der Waals surface area contributed by atoms with Crippen LogP contribution >= 0.6 is 0 Å². The number of rotatable bonds is 4. The van der Waals surface area contributed by atoms with Gasteiger partial charge in [-0.1, -0.05) is 50.2 Å². The van der Waals surface area contributed by atoms with Crippen LogP contribution in [0.25, 0.3) is 11.4 Å². The molecule has 1 aromatic heterocycles. The first-order valence-electron chi connectivity index (χ1n) is 8.27. The van der Waals surface area contributed by atoms with E-state index in [1.807, 2.05) is 0 Å². The van der Waals surface area contributed by atoms with Gasteiger partial charge in [-0.25, -0.2) is 0 Å². The molecule has 4 heteroatoms. The Labute approximate surface area is 132 Å². The Morgan fingerprint density at radius 3 is 2.73 bits per heavy atom. The Morgan fingerprint density at radius 1 is 1.27 bits per heavy atom. The molecule has 1 atom stereocenters. The second kappa shape index (κ2) is 6.61. The van der Waals surface area contributed by atoms with Crippen molar-refractivity contribution in [2.75, 3.05) is 13.1 Å². The summed E-state index contributed by atoms with van der Waals surface area (Å²) in [5.41, 5.74) is 2.35. The summed E-state index contributed by atoms with van der Waals surface area (Å²) in [6, 6.07) is 8.44. The van der Waals surface area contributed by atoms with Crippen molar-refractivity contribution in [1.82, 2.24) is 15.0 Å². The van der Waals surface area contributed by atoms with Crippen LogP contribution in [0.4, 0.5) is 0 Å². The van der Waals surface area contributed by atoms with Gasteiger partial charge in [0, 0.05) is 12.1 Å². The molecule has 1 fully saturated rings. The van der Waals surface area contributed by atoms with Gasteiger partial charge in [0.25, 0.3) is 0 Å². The topological polar surface area (TPSA) is 42.2 Å². The second-order valence-electron chi connectivity index (χ2n) is 6.77. The fourth-order valence-electron chi connectivity index (χ4n) is 3.08. The molecule has 118 valence electrons. The first-order chi connectivity index (χ1) is 10.6. The molecule has 0 spiro atoms. The third-order valence-electron chi connectivity index (χ3n) is 4.40. The van der Waals surface area contributed by atoms with E-state index >= 15 is 0 Å². The molecule has 3 rings (SSSR count). The van der Waals surface area contributed by atoms with Crippen LogP contribution in [-0.4, -0.2) is 28.1 Å². The Kier molecular flexibility index (Phi) is 4.57. The maximum atomic E-state index is 5.43. The highest BCUT2D eigenvalue weighted by molar-refractivity contribution is 5.54. The molecular weight excluding hydrogens is 274 g/mol. The predicted molar refractivity (Wildman–Crippen MR) is 87.5 cm³/mol. The molecule has 22 heavy (non-hydrogen) atoms. The van der Waals surface area contributed by atoms with Gasteiger partial charge in [0.05, 0.1) is 6.54 Å². The van der Waals surface area contributed by atoms with Crippen molar-refractivity contribution in [3.8, 4) is 11.4 Å². The van der Waals surface area contributed by atoms with Crippen molar-refractivity contribution in [2.24, 2.45) is 5.92 Å². The van der Waals surface area contributed by atoms with E-state index in [0.717, 1.165) is 37.0 Å². The molecule has 0 N–H and O–H groups in total. The molecule has 0 radical (unpaired) electrons. The summed E-state index contributed by atoms with van der Waals surface area (Å²) in [5.74, 6) is 2.71. The Hall–Kier alpha value is -1.68. The molecule has 4 nitrogen and oxygen atoms in total. The standard InChI is InChI=1S/C18H25N3O/c1-13(2)15-6-8-16(9-7-15)18-19-17(22-20-18)12-21-10-4-5-14(3)11-21/h6-9,13-14H,4-5,10-12H2,1-3H3. The largest absolute Gasteiger partial charge is 0.338 e. The van der Waals surface area contributed by atoms with Crippen LogP contribution in [0.1, 0.15) is 51.0 Å². The molecule has 0 bridgehead atoms. The lowest BCUT2D eigenvalue weighted by molar-refractivity contribution is 0.157. The minimum Gasteiger partial charge on any atom is -0.338 e. The molecule has 0 amide bonds. The average Bonchev–Trinajstić information content (AvgIpc) is 2.96. The van der Waals surface area contributed by atoms with Crippen molar-refractivity contribution >= 4 is 0 Å². The third kappa shape index (κ3) is 3.55. The van der Waals surface area contributed by atoms with Crippen LogP contribution in [-0.2, 0) is 6.54 Å². The molecule has 1 unspecified atom stereocenters. The number of hydrogen-bond donors (Lipinski definition) is 0. The maximum Gasteiger partial charge on any atom is 0.241 e. The summed E-state index contributed by atoms with van der Waals surface area (Å²) in [5, 5.41) is 4.13. The number of aromatic nitrogens is 2. The fraction of sp³-hybridized carbons (Fsp3) is 0.556. The Bertz CT molecular complexity index is 603. The lowest BCUT2D eigenvalue weighted by atomic mass is 10.0. The summed E-state index contributed by atoms with van der Waals surface area (Å²) in [7, 11) is 0. The van der Waals surface area contributed by atoms with E-state index in [1.54, 1.807) is 0 Å². The molecule has 1 aromatic carbocycles. The average molecular weight is 299 g/mol. The maximum absolute atomic E-state index is 5.43. The quantitative estimate of drug-likeness (QED) is 0.852. The van der Waals surface area contributed by atoms with E-state index in [2.05, 4.69) is 60.1 Å². The summed E-state index contributed by atoms with van der Waals surface area (Å²) in [6.07, 6.45) is 2.59. The van der Waals surface area contributed by atoms with E-state index < -0.39 is 0 Å². The van der Waals surface area contributed by atoms with E-state index in [-0.39, 0.29) is 0 Å². The minimum absolute atomic E-state index is 0.538.